The summed E-state index contributed by atoms with van der Waals surface area (Å²) in [6, 6.07) is 8.66. The molecule has 0 heterocycles. The van der Waals surface area contributed by atoms with Crippen molar-refractivity contribution in [3.8, 4) is 0 Å². The minimum absolute atomic E-state index is 0.372. The van der Waals surface area contributed by atoms with Crippen LogP contribution in [0.3, 0.4) is 0 Å². The molecule has 1 atom stereocenters. The minimum Gasteiger partial charge on any atom is -0.345 e. The molecular formula is C17H23NOS. The largest absolute Gasteiger partial charge is 0.345 e. The predicted octanol–water partition coefficient (Wildman–Crippen LogP) is 3.74. The number of benzene rings is 1. The van der Waals surface area contributed by atoms with E-state index in [0.717, 1.165) is 25.1 Å². The van der Waals surface area contributed by atoms with Gasteiger partial charge in [0.2, 0.25) is 5.91 Å². The van der Waals surface area contributed by atoms with Crippen molar-refractivity contribution in [3.63, 3.8) is 0 Å². The first-order valence-corrected chi connectivity index (χ1v) is 8.54. The molecule has 3 heteroatoms. The smallest absolute Gasteiger partial charge is 0.226 e. The van der Waals surface area contributed by atoms with Crippen LogP contribution in [0.1, 0.15) is 31.2 Å². The number of aryl methyl sites for hydroxylation is 1. The first-order valence-electron chi connectivity index (χ1n) is 7.55. The molecule has 0 N–H and O–H groups in total. The molecule has 108 valence electrons. The Balaban J connectivity index is 1.35. The van der Waals surface area contributed by atoms with E-state index in [1.54, 1.807) is 0 Å². The van der Waals surface area contributed by atoms with E-state index < -0.39 is 0 Å². The molecule has 1 aromatic carbocycles. The van der Waals surface area contributed by atoms with Crippen LogP contribution < -0.4 is 0 Å². The van der Waals surface area contributed by atoms with Crippen molar-refractivity contribution in [3.05, 3.63) is 29.8 Å². The molecule has 2 aliphatic carbocycles. The third-order valence-corrected chi connectivity index (χ3v) is 5.78. The van der Waals surface area contributed by atoms with E-state index in [-0.39, 0.29) is 0 Å². The van der Waals surface area contributed by atoms with Crippen molar-refractivity contribution in [1.82, 2.24) is 4.90 Å². The van der Waals surface area contributed by atoms with Crippen molar-refractivity contribution >= 4 is 17.7 Å². The number of amides is 1. The van der Waals surface area contributed by atoms with Gasteiger partial charge in [-0.25, -0.2) is 0 Å². The summed E-state index contributed by atoms with van der Waals surface area (Å²) in [5.74, 6) is 1.84. The fourth-order valence-electron chi connectivity index (χ4n) is 2.91. The van der Waals surface area contributed by atoms with Gasteiger partial charge in [0.25, 0.3) is 0 Å². The van der Waals surface area contributed by atoms with Gasteiger partial charge in [0, 0.05) is 24.4 Å². The van der Waals surface area contributed by atoms with Crippen LogP contribution in [0.25, 0.3) is 0 Å². The summed E-state index contributed by atoms with van der Waals surface area (Å²) in [4.78, 5) is 15.5. The lowest BCUT2D eigenvalue weighted by atomic mass is 10.2. The van der Waals surface area contributed by atoms with Crippen LogP contribution in [0.5, 0.6) is 0 Å². The summed E-state index contributed by atoms with van der Waals surface area (Å²) in [5.41, 5.74) is 1.79. The Bertz CT molecular complexity index is 492. The van der Waals surface area contributed by atoms with Crippen LogP contribution in [0.15, 0.2) is 29.2 Å². The zero-order valence-electron chi connectivity index (χ0n) is 12.4. The Morgan fingerprint density at radius 1 is 1.35 bits per heavy atom. The van der Waals surface area contributed by atoms with E-state index in [1.807, 2.05) is 23.7 Å². The molecular weight excluding hydrogens is 266 g/mol. The Morgan fingerprint density at radius 2 is 2.05 bits per heavy atom. The van der Waals surface area contributed by atoms with Crippen LogP contribution in [0, 0.1) is 18.3 Å². The maximum absolute atomic E-state index is 12.2. The van der Waals surface area contributed by atoms with Gasteiger partial charge < -0.3 is 4.90 Å². The van der Waals surface area contributed by atoms with Crippen LogP contribution in [0.4, 0.5) is 0 Å². The lowest BCUT2D eigenvalue weighted by Gasteiger charge is -2.17. The second-order valence-electron chi connectivity index (χ2n) is 6.39. The number of carbonyl (C=O) groups is 1. The van der Waals surface area contributed by atoms with Crippen molar-refractivity contribution in [2.45, 2.75) is 37.5 Å². The van der Waals surface area contributed by atoms with Gasteiger partial charge in [-0.1, -0.05) is 17.7 Å². The molecule has 0 saturated heterocycles. The van der Waals surface area contributed by atoms with Gasteiger partial charge in [-0.15, -0.1) is 11.8 Å². The van der Waals surface area contributed by atoms with E-state index in [9.17, 15) is 4.79 Å². The van der Waals surface area contributed by atoms with E-state index in [1.165, 1.54) is 23.3 Å². The van der Waals surface area contributed by atoms with Crippen molar-refractivity contribution in [2.75, 3.05) is 19.3 Å². The van der Waals surface area contributed by atoms with Gasteiger partial charge in [0.15, 0.2) is 0 Å². The molecule has 0 aromatic heterocycles. The number of hydrogen-bond acceptors (Lipinski definition) is 2. The summed E-state index contributed by atoms with van der Waals surface area (Å²) in [7, 11) is 1.97. The average molecular weight is 289 g/mol. The molecule has 3 rings (SSSR count). The molecule has 1 aromatic rings. The predicted molar refractivity (Wildman–Crippen MR) is 83.9 cm³/mol. The van der Waals surface area contributed by atoms with Gasteiger partial charge in [-0.2, -0.15) is 0 Å². The van der Waals surface area contributed by atoms with Gasteiger partial charge in [0.05, 0.1) is 0 Å². The molecule has 0 bridgehead atoms. The molecule has 2 nitrogen and oxygen atoms in total. The van der Waals surface area contributed by atoms with E-state index in [4.69, 9.17) is 0 Å². The highest BCUT2D eigenvalue weighted by Gasteiger charge is 2.66. The second-order valence-corrected chi connectivity index (χ2v) is 7.56. The maximum atomic E-state index is 12.2. The molecule has 1 spiro atoms. The quantitative estimate of drug-likeness (QED) is 0.587. The van der Waals surface area contributed by atoms with Crippen molar-refractivity contribution in [2.24, 2.45) is 11.3 Å². The van der Waals surface area contributed by atoms with E-state index in [0.29, 0.717) is 17.2 Å². The number of nitrogens with zero attached hydrogens (tertiary/aromatic N) is 1. The Morgan fingerprint density at radius 3 is 2.65 bits per heavy atom. The zero-order valence-corrected chi connectivity index (χ0v) is 13.2. The molecule has 20 heavy (non-hydrogen) atoms. The first-order chi connectivity index (χ1) is 9.61. The van der Waals surface area contributed by atoms with Gasteiger partial charge in [-0.05, 0) is 55.9 Å². The number of hydrogen-bond donors (Lipinski definition) is 0. The van der Waals surface area contributed by atoms with E-state index in [2.05, 4.69) is 31.2 Å². The Labute approximate surface area is 125 Å². The standard InChI is InChI=1S/C17H23NOS/c1-13-4-6-14(7-5-13)20-11-3-10-18(2)16(19)15-12-17(15)8-9-17/h4-7,15H,3,8-12H2,1-2H3. The minimum atomic E-state index is 0.372. The third kappa shape index (κ3) is 3.03. The van der Waals surface area contributed by atoms with Crippen LogP contribution in [-0.4, -0.2) is 30.2 Å². The van der Waals surface area contributed by atoms with Crippen molar-refractivity contribution in [1.29, 1.82) is 0 Å². The first kappa shape index (κ1) is 14.0. The fourth-order valence-corrected chi connectivity index (χ4v) is 3.75. The van der Waals surface area contributed by atoms with Crippen molar-refractivity contribution < 1.29 is 4.79 Å². The fraction of sp³-hybridized carbons (Fsp3) is 0.588. The van der Waals surface area contributed by atoms with Gasteiger partial charge in [-0.3, -0.25) is 4.79 Å². The van der Waals surface area contributed by atoms with E-state index >= 15 is 0 Å². The molecule has 0 aliphatic heterocycles. The molecule has 1 amide bonds. The van der Waals surface area contributed by atoms with Crippen LogP contribution in [0.2, 0.25) is 0 Å². The summed E-state index contributed by atoms with van der Waals surface area (Å²) in [5, 5.41) is 0. The molecule has 2 aliphatic rings. The molecule has 2 saturated carbocycles. The highest BCUT2D eigenvalue weighted by atomic mass is 32.2. The second kappa shape index (κ2) is 5.44. The normalized spacial score (nSPS) is 21.8. The zero-order chi connectivity index (χ0) is 14.2. The SMILES string of the molecule is Cc1ccc(SCCCN(C)C(=O)C2CC23CC3)cc1. The maximum Gasteiger partial charge on any atom is 0.226 e. The molecule has 0 radical (unpaired) electrons. The Kier molecular flexibility index (Phi) is 3.80. The molecule has 2 fully saturated rings. The average Bonchev–Trinajstić information content (AvgIpc) is 3.36. The third-order valence-electron chi connectivity index (χ3n) is 4.68. The van der Waals surface area contributed by atoms with Crippen LogP contribution >= 0.6 is 11.8 Å². The number of rotatable bonds is 6. The highest BCUT2D eigenvalue weighted by Crippen LogP contribution is 2.70. The number of carbonyl (C=O) groups excluding carboxylic acids is 1. The number of thioether (sulfide) groups is 1. The Hall–Kier alpha value is -0.960. The molecule has 1 unspecified atom stereocenters. The monoisotopic (exact) mass is 289 g/mol. The highest BCUT2D eigenvalue weighted by molar-refractivity contribution is 7.99. The lowest BCUT2D eigenvalue weighted by molar-refractivity contribution is -0.131. The van der Waals surface area contributed by atoms with Gasteiger partial charge in [0.1, 0.15) is 0 Å². The summed E-state index contributed by atoms with van der Waals surface area (Å²) in [6.07, 6.45) is 4.82. The summed E-state index contributed by atoms with van der Waals surface area (Å²) < 4.78 is 0. The van der Waals surface area contributed by atoms with Gasteiger partial charge >= 0.3 is 0 Å². The topological polar surface area (TPSA) is 20.3 Å². The van der Waals surface area contributed by atoms with Crippen LogP contribution in [-0.2, 0) is 4.79 Å². The summed E-state index contributed by atoms with van der Waals surface area (Å²) >= 11 is 1.88. The summed E-state index contributed by atoms with van der Waals surface area (Å²) in [6.45, 7) is 3.00. The lowest BCUT2D eigenvalue weighted by Crippen LogP contribution is -2.30.